The largest absolute Gasteiger partial charge is 0.497 e. The third-order valence-corrected chi connectivity index (χ3v) is 2.85. The van der Waals surface area contributed by atoms with Crippen LogP contribution in [0.5, 0.6) is 5.75 Å². The van der Waals surface area contributed by atoms with Gasteiger partial charge in [-0.1, -0.05) is 12.1 Å². The number of carbonyl (C=O) groups is 1. The molecule has 0 bridgehead atoms. The van der Waals surface area contributed by atoms with E-state index in [4.69, 9.17) is 15.3 Å². The van der Waals surface area contributed by atoms with E-state index in [0.717, 1.165) is 11.3 Å². The van der Waals surface area contributed by atoms with Crippen LogP contribution in [0.1, 0.15) is 12.0 Å². The molecule has 0 aliphatic rings. The standard InChI is InChI=1S/C16H18N4O2/c1-22-15-5-3-13(4-6-15)7-10-20-16(21)14(11-18)12-19-9-2-8-17/h3-6,12,19H,2,7,9-10H2,1H3,(H,20,21)/b14-12-. The van der Waals surface area contributed by atoms with Gasteiger partial charge in [0.05, 0.1) is 19.6 Å². The topological polar surface area (TPSA) is 97.9 Å². The van der Waals surface area contributed by atoms with Crippen LogP contribution in [0.3, 0.4) is 0 Å². The SMILES string of the molecule is COc1ccc(CCNC(=O)/C(C#N)=C\NCCC#N)cc1. The zero-order valence-corrected chi connectivity index (χ0v) is 12.4. The summed E-state index contributed by atoms with van der Waals surface area (Å²) in [5.74, 6) is 0.353. The monoisotopic (exact) mass is 298 g/mol. The van der Waals surface area contributed by atoms with Crippen LogP contribution in [0.2, 0.25) is 0 Å². The number of amides is 1. The summed E-state index contributed by atoms with van der Waals surface area (Å²) in [4.78, 5) is 11.8. The van der Waals surface area contributed by atoms with Gasteiger partial charge < -0.3 is 15.4 Å². The quantitative estimate of drug-likeness (QED) is 0.428. The van der Waals surface area contributed by atoms with Crippen molar-refractivity contribution in [3.8, 4) is 17.9 Å². The first-order chi connectivity index (χ1) is 10.7. The number of nitriles is 2. The van der Waals surface area contributed by atoms with Gasteiger partial charge in [0.2, 0.25) is 0 Å². The number of nitrogens with zero attached hydrogens (tertiary/aromatic N) is 2. The minimum absolute atomic E-state index is 0.00679. The van der Waals surface area contributed by atoms with Crippen LogP contribution >= 0.6 is 0 Å². The molecule has 6 heteroatoms. The van der Waals surface area contributed by atoms with Crippen LogP contribution in [-0.4, -0.2) is 26.1 Å². The molecule has 0 fully saturated rings. The second-order valence-corrected chi connectivity index (χ2v) is 4.39. The van der Waals surface area contributed by atoms with E-state index in [1.165, 1.54) is 6.20 Å². The minimum atomic E-state index is -0.430. The molecule has 22 heavy (non-hydrogen) atoms. The average Bonchev–Trinajstić information content (AvgIpc) is 2.55. The maximum atomic E-state index is 11.8. The smallest absolute Gasteiger partial charge is 0.263 e. The minimum Gasteiger partial charge on any atom is -0.497 e. The van der Waals surface area contributed by atoms with Gasteiger partial charge in [0.1, 0.15) is 17.4 Å². The Morgan fingerprint density at radius 3 is 2.59 bits per heavy atom. The van der Waals surface area contributed by atoms with Crippen molar-refractivity contribution < 1.29 is 9.53 Å². The van der Waals surface area contributed by atoms with Gasteiger partial charge in [0.25, 0.3) is 5.91 Å². The van der Waals surface area contributed by atoms with Crippen molar-refractivity contribution in [2.75, 3.05) is 20.2 Å². The first kappa shape index (κ1) is 17.1. The van der Waals surface area contributed by atoms with Gasteiger partial charge in [0, 0.05) is 19.3 Å². The number of ether oxygens (including phenoxy) is 1. The third kappa shape index (κ3) is 5.98. The summed E-state index contributed by atoms with van der Waals surface area (Å²) in [6.07, 6.45) is 2.31. The van der Waals surface area contributed by atoms with Gasteiger partial charge in [-0.05, 0) is 24.1 Å². The van der Waals surface area contributed by atoms with Gasteiger partial charge in [-0.25, -0.2) is 0 Å². The van der Waals surface area contributed by atoms with Crippen molar-refractivity contribution >= 4 is 5.91 Å². The number of rotatable bonds is 8. The van der Waals surface area contributed by atoms with Crippen LogP contribution in [-0.2, 0) is 11.2 Å². The van der Waals surface area contributed by atoms with Crippen molar-refractivity contribution in [3.63, 3.8) is 0 Å². The third-order valence-electron chi connectivity index (χ3n) is 2.85. The number of methoxy groups -OCH3 is 1. The fourth-order valence-corrected chi connectivity index (χ4v) is 1.66. The normalized spacial score (nSPS) is 10.2. The number of hydrogen-bond donors (Lipinski definition) is 2. The Morgan fingerprint density at radius 1 is 1.27 bits per heavy atom. The molecule has 0 aromatic heterocycles. The van der Waals surface area contributed by atoms with E-state index in [-0.39, 0.29) is 5.57 Å². The maximum Gasteiger partial charge on any atom is 0.263 e. The van der Waals surface area contributed by atoms with Gasteiger partial charge in [-0.2, -0.15) is 10.5 Å². The molecule has 0 radical (unpaired) electrons. The molecule has 6 nitrogen and oxygen atoms in total. The van der Waals surface area contributed by atoms with Gasteiger partial charge in [-0.15, -0.1) is 0 Å². The molecule has 0 aliphatic carbocycles. The predicted molar refractivity (Wildman–Crippen MR) is 81.6 cm³/mol. The molecule has 0 atom stereocenters. The van der Waals surface area contributed by atoms with Crippen LogP contribution in [0, 0.1) is 22.7 Å². The first-order valence-corrected chi connectivity index (χ1v) is 6.83. The molecule has 1 aromatic rings. The molecule has 0 saturated carbocycles. The molecule has 2 N–H and O–H groups in total. The van der Waals surface area contributed by atoms with E-state index in [2.05, 4.69) is 10.6 Å². The Bertz CT molecular complexity index is 594. The molecule has 1 aromatic carbocycles. The average molecular weight is 298 g/mol. The van der Waals surface area contributed by atoms with Crippen molar-refractivity contribution in [1.29, 1.82) is 10.5 Å². The second kappa shape index (κ2) is 9.84. The van der Waals surface area contributed by atoms with Gasteiger partial charge in [0.15, 0.2) is 0 Å². The first-order valence-electron chi connectivity index (χ1n) is 6.83. The Labute approximate surface area is 130 Å². The Morgan fingerprint density at radius 2 is 2.00 bits per heavy atom. The van der Waals surface area contributed by atoms with E-state index in [9.17, 15) is 4.79 Å². The highest BCUT2D eigenvalue weighted by Crippen LogP contribution is 2.11. The summed E-state index contributed by atoms with van der Waals surface area (Å²) < 4.78 is 5.07. The lowest BCUT2D eigenvalue weighted by atomic mass is 10.1. The molecule has 1 amide bonds. The molecule has 0 unspecified atom stereocenters. The fourth-order valence-electron chi connectivity index (χ4n) is 1.66. The van der Waals surface area contributed by atoms with E-state index in [1.54, 1.807) is 7.11 Å². The zero-order chi connectivity index (χ0) is 16.2. The molecular formula is C16H18N4O2. The fraction of sp³-hybridized carbons (Fsp3) is 0.312. The van der Waals surface area contributed by atoms with Crippen molar-refractivity contribution in [2.45, 2.75) is 12.8 Å². The number of hydrogen-bond acceptors (Lipinski definition) is 5. The number of nitrogens with one attached hydrogen (secondary N) is 2. The van der Waals surface area contributed by atoms with Crippen molar-refractivity contribution in [2.24, 2.45) is 0 Å². The van der Waals surface area contributed by atoms with Crippen molar-refractivity contribution in [3.05, 3.63) is 41.6 Å². The molecule has 0 saturated heterocycles. The summed E-state index contributed by atoms with van der Waals surface area (Å²) in [5.41, 5.74) is 1.06. The highest BCUT2D eigenvalue weighted by molar-refractivity contribution is 5.97. The summed E-state index contributed by atoms with van der Waals surface area (Å²) in [7, 11) is 1.61. The lowest BCUT2D eigenvalue weighted by molar-refractivity contribution is -0.117. The highest BCUT2D eigenvalue weighted by atomic mass is 16.5. The lowest BCUT2D eigenvalue weighted by Crippen LogP contribution is -2.27. The molecule has 0 aliphatic heterocycles. The summed E-state index contributed by atoms with van der Waals surface area (Å²) in [6.45, 7) is 0.836. The van der Waals surface area contributed by atoms with Crippen LogP contribution in [0.4, 0.5) is 0 Å². The molecule has 114 valence electrons. The predicted octanol–water partition coefficient (Wildman–Crippen LogP) is 1.26. The summed E-state index contributed by atoms with van der Waals surface area (Å²) in [5, 5.41) is 22.8. The van der Waals surface area contributed by atoms with E-state index >= 15 is 0 Å². The van der Waals surface area contributed by atoms with Crippen LogP contribution < -0.4 is 15.4 Å². The summed E-state index contributed by atoms with van der Waals surface area (Å²) in [6, 6.07) is 11.4. The van der Waals surface area contributed by atoms with Gasteiger partial charge in [-0.3, -0.25) is 4.79 Å². The number of benzene rings is 1. The Hall–Kier alpha value is -2.99. The van der Waals surface area contributed by atoms with E-state index < -0.39 is 5.91 Å². The molecule has 1 rings (SSSR count). The van der Waals surface area contributed by atoms with Crippen molar-refractivity contribution in [1.82, 2.24) is 10.6 Å². The Kier molecular flexibility index (Phi) is 7.63. The Balaban J connectivity index is 2.40. The molecule has 0 heterocycles. The van der Waals surface area contributed by atoms with Gasteiger partial charge >= 0.3 is 0 Å². The zero-order valence-electron chi connectivity index (χ0n) is 12.4. The maximum absolute atomic E-state index is 11.8. The van der Waals surface area contributed by atoms with Crippen LogP contribution in [0.15, 0.2) is 36.0 Å². The van der Waals surface area contributed by atoms with E-state index in [1.807, 2.05) is 36.4 Å². The highest BCUT2D eigenvalue weighted by Gasteiger charge is 2.07. The summed E-state index contributed by atoms with van der Waals surface area (Å²) >= 11 is 0. The molecular weight excluding hydrogens is 280 g/mol. The lowest BCUT2D eigenvalue weighted by Gasteiger charge is -2.06. The number of carbonyl (C=O) groups excluding carboxylic acids is 1. The van der Waals surface area contributed by atoms with Crippen LogP contribution in [0.25, 0.3) is 0 Å². The second-order valence-electron chi connectivity index (χ2n) is 4.39. The molecule has 0 spiro atoms. The van der Waals surface area contributed by atoms with E-state index in [0.29, 0.717) is 25.9 Å².